The Balaban J connectivity index is 1.44. The van der Waals surface area contributed by atoms with Crippen molar-refractivity contribution in [1.82, 2.24) is 30.3 Å². The van der Waals surface area contributed by atoms with Gasteiger partial charge < -0.3 is 10.1 Å². The van der Waals surface area contributed by atoms with Crippen LogP contribution in [0.2, 0.25) is 0 Å². The van der Waals surface area contributed by atoms with Gasteiger partial charge in [0.15, 0.2) is 5.82 Å². The van der Waals surface area contributed by atoms with Crippen LogP contribution in [0.25, 0.3) is 0 Å². The molecule has 1 saturated heterocycles. The number of nitrogens with zero attached hydrogens (tertiary/aromatic N) is 4. The molecule has 4 rings (SSSR count). The molecule has 2 aromatic heterocycles. The molecule has 3 heterocycles. The lowest BCUT2D eigenvalue weighted by molar-refractivity contribution is 0.0973. The van der Waals surface area contributed by atoms with Gasteiger partial charge in [-0.1, -0.05) is 0 Å². The molecule has 0 aromatic carbocycles. The normalized spacial score (nSPS) is 24.5. The van der Waals surface area contributed by atoms with Gasteiger partial charge in [-0.3, -0.25) is 9.78 Å². The van der Waals surface area contributed by atoms with Crippen molar-refractivity contribution in [3.8, 4) is 0 Å². The predicted octanol–water partition coefficient (Wildman–Crippen LogP) is 1.65. The molecule has 2 aromatic rings. The molecule has 0 radical (unpaired) electrons. The molecule has 2 atom stereocenters. The minimum atomic E-state index is 0.0644. The topological polar surface area (TPSA) is 80.7 Å². The lowest BCUT2D eigenvalue weighted by Gasteiger charge is -2.20. The van der Waals surface area contributed by atoms with E-state index in [1.165, 1.54) is 24.1 Å². The molecule has 0 unspecified atom stereocenters. The molecular formula is C16H24N6O. The second kappa shape index (κ2) is 5.72. The second-order valence-electron chi connectivity index (χ2n) is 6.69. The average molecular weight is 316 g/mol. The molecule has 0 amide bonds. The van der Waals surface area contributed by atoms with Crippen molar-refractivity contribution in [2.45, 2.75) is 57.7 Å². The lowest BCUT2D eigenvalue weighted by Crippen LogP contribution is -2.32. The van der Waals surface area contributed by atoms with E-state index in [-0.39, 0.29) is 12.1 Å². The molecule has 2 fully saturated rings. The lowest BCUT2D eigenvalue weighted by atomic mass is 10.0. The summed E-state index contributed by atoms with van der Waals surface area (Å²) < 4.78 is 7.94. The SMILES string of the molecule is Cc1nn(C)c(C)c1[C@H]1OCC[C@@H]1NCc1nc(C2CC2)n[nH]1. The van der Waals surface area contributed by atoms with Crippen molar-refractivity contribution in [3.05, 3.63) is 28.6 Å². The zero-order valence-corrected chi connectivity index (χ0v) is 14.0. The van der Waals surface area contributed by atoms with Crippen LogP contribution in [0.15, 0.2) is 0 Å². The summed E-state index contributed by atoms with van der Waals surface area (Å²) >= 11 is 0. The Bertz CT molecular complexity index is 701. The highest BCUT2D eigenvalue weighted by Crippen LogP contribution is 2.38. The van der Waals surface area contributed by atoms with Crippen LogP contribution in [0.1, 0.15) is 59.9 Å². The van der Waals surface area contributed by atoms with E-state index in [0.29, 0.717) is 12.5 Å². The van der Waals surface area contributed by atoms with Crippen LogP contribution in [0.5, 0.6) is 0 Å². The summed E-state index contributed by atoms with van der Waals surface area (Å²) in [7, 11) is 1.98. The van der Waals surface area contributed by atoms with Crippen molar-refractivity contribution < 1.29 is 4.74 Å². The maximum Gasteiger partial charge on any atom is 0.153 e. The molecule has 0 bridgehead atoms. The standard InChI is InChI=1S/C16H24N6O/c1-9-14(10(2)22(3)21-9)15-12(6-7-23-15)17-8-13-18-16(20-19-13)11-4-5-11/h11-12,15,17H,4-8H2,1-3H3,(H,18,19,20)/t12-,15-/m0/s1. The summed E-state index contributed by atoms with van der Waals surface area (Å²) in [6, 6.07) is 0.283. The van der Waals surface area contributed by atoms with Gasteiger partial charge in [-0.15, -0.1) is 0 Å². The van der Waals surface area contributed by atoms with Crippen LogP contribution < -0.4 is 5.32 Å². The predicted molar refractivity (Wildman–Crippen MR) is 85.0 cm³/mol. The van der Waals surface area contributed by atoms with Crippen LogP contribution in [0.4, 0.5) is 0 Å². The summed E-state index contributed by atoms with van der Waals surface area (Å²) in [5.41, 5.74) is 3.45. The Morgan fingerprint density at radius 3 is 2.83 bits per heavy atom. The van der Waals surface area contributed by atoms with E-state index >= 15 is 0 Å². The van der Waals surface area contributed by atoms with Gasteiger partial charge in [-0.2, -0.15) is 10.2 Å². The third kappa shape index (κ3) is 2.79. The number of nitrogens with one attached hydrogen (secondary N) is 2. The summed E-state index contributed by atoms with van der Waals surface area (Å²) in [5, 5.41) is 15.5. The Hall–Kier alpha value is -1.73. The fourth-order valence-electron chi connectivity index (χ4n) is 3.43. The van der Waals surface area contributed by atoms with Gasteiger partial charge in [0.05, 0.1) is 12.2 Å². The summed E-state index contributed by atoms with van der Waals surface area (Å²) in [6.45, 7) is 5.63. The van der Waals surface area contributed by atoms with E-state index in [9.17, 15) is 0 Å². The second-order valence-corrected chi connectivity index (χ2v) is 6.69. The molecule has 1 aliphatic heterocycles. The molecule has 2 aliphatic rings. The largest absolute Gasteiger partial charge is 0.372 e. The zero-order chi connectivity index (χ0) is 16.0. The number of hydrogen-bond donors (Lipinski definition) is 2. The van der Waals surface area contributed by atoms with Crippen LogP contribution in [-0.2, 0) is 18.3 Å². The zero-order valence-electron chi connectivity index (χ0n) is 14.0. The number of rotatable bonds is 5. The molecule has 0 spiro atoms. The number of ether oxygens (including phenoxy) is 1. The molecular weight excluding hydrogens is 292 g/mol. The number of aromatic nitrogens is 5. The monoisotopic (exact) mass is 316 g/mol. The number of aryl methyl sites for hydroxylation is 2. The van der Waals surface area contributed by atoms with E-state index in [1.807, 2.05) is 11.7 Å². The molecule has 7 heteroatoms. The van der Waals surface area contributed by atoms with E-state index in [4.69, 9.17) is 4.74 Å². The molecule has 23 heavy (non-hydrogen) atoms. The molecule has 2 N–H and O–H groups in total. The van der Waals surface area contributed by atoms with E-state index in [1.54, 1.807) is 0 Å². The van der Waals surface area contributed by atoms with Crippen LogP contribution in [0.3, 0.4) is 0 Å². The van der Waals surface area contributed by atoms with Crippen molar-refractivity contribution in [3.63, 3.8) is 0 Å². The van der Waals surface area contributed by atoms with Crippen molar-refractivity contribution >= 4 is 0 Å². The van der Waals surface area contributed by atoms with Gasteiger partial charge in [0, 0.05) is 36.9 Å². The van der Waals surface area contributed by atoms with Gasteiger partial charge in [-0.05, 0) is 33.1 Å². The molecule has 1 saturated carbocycles. The van der Waals surface area contributed by atoms with Gasteiger partial charge in [-0.25, -0.2) is 4.98 Å². The maximum atomic E-state index is 6.01. The summed E-state index contributed by atoms with van der Waals surface area (Å²) in [6.07, 6.45) is 3.52. The highest BCUT2D eigenvalue weighted by molar-refractivity contribution is 5.29. The Labute approximate surface area is 135 Å². The van der Waals surface area contributed by atoms with Gasteiger partial charge >= 0.3 is 0 Å². The van der Waals surface area contributed by atoms with Crippen molar-refractivity contribution in [2.75, 3.05) is 6.61 Å². The highest BCUT2D eigenvalue weighted by atomic mass is 16.5. The summed E-state index contributed by atoms with van der Waals surface area (Å²) in [4.78, 5) is 4.58. The quantitative estimate of drug-likeness (QED) is 0.877. The molecule has 124 valence electrons. The fraction of sp³-hybridized carbons (Fsp3) is 0.688. The van der Waals surface area contributed by atoms with Crippen molar-refractivity contribution in [1.29, 1.82) is 0 Å². The first-order chi connectivity index (χ1) is 11.1. The first kappa shape index (κ1) is 14.8. The Morgan fingerprint density at radius 2 is 2.13 bits per heavy atom. The van der Waals surface area contributed by atoms with Crippen LogP contribution in [0, 0.1) is 13.8 Å². The minimum absolute atomic E-state index is 0.0644. The van der Waals surface area contributed by atoms with Gasteiger partial charge in [0.1, 0.15) is 11.9 Å². The third-order valence-electron chi connectivity index (χ3n) is 4.96. The average Bonchev–Trinajstić information content (AvgIpc) is 2.99. The first-order valence-corrected chi connectivity index (χ1v) is 8.39. The van der Waals surface area contributed by atoms with E-state index < -0.39 is 0 Å². The molecule has 1 aliphatic carbocycles. The van der Waals surface area contributed by atoms with Crippen LogP contribution >= 0.6 is 0 Å². The molecule has 7 nitrogen and oxygen atoms in total. The van der Waals surface area contributed by atoms with Gasteiger partial charge in [0.25, 0.3) is 0 Å². The first-order valence-electron chi connectivity index (χ1n) is 8.39. The minimum Gasteiger partial charge on any atom is -0.372 e. The number of aromatic amines is 1. The van der Waals surface area contributed by atoms with Crippen LogP contribution in [-0.4, -0.2) is 37.6 Å². The smallest absolute Gasteiger partial charge is 0.153 e. The number of H-pyrrole nitrogens is 1. The Kier molecular flexibility index (Phi) is 3.69. The highest BCUT2D eigenvalue weighted by Gasteiger charge is 2.33. The third-order valence-corrected chi connectivity index (χ3v) is 4.96. The van der Waals surface area contributed by atoms with Crippen molar-refractivity contribution in [2.24, 2.45) is 7.05 Å². The van der Waals surface area contributed by atoms with E-state index in [0.717, 1.165) is 30.4 Å². The van der Waals surface area contributed by atoms with E-state index in [2.05, 4.69) is 39.4 Å². The van der Waals surface area contributed by atoms with Gasteiger partial charge in [0.2, 0.25) is 0 Å². The number of hydrogen-bond acceptors (Lipinski definition) is 5. The Morgan fingerprint density at radius 1 is 1.30 bits per heavy atom. The fourth-order valence-corrected chi connectivity index (χ4v) is 3.43. The maximum absolute atomic E-state index is 6.01. The summed E-state index contributed by atoms with van der Waals surface area (Å²) in [5.74, 6) is 2.47.